The first-order chi connectivity index (χ1) is 11.2. The number of benzene rings is 1. The van der Waals surface area contributed by atoms with Crippen molar-refractivity contribution in [3.05, 3.63) is 59.0 Å². The van der Waals surface area contributed by atoms with Crippen molar-refractivity contribution in [3.8, 4) is 0 Å². The molecule has 1 aromatic carbocycles. The Bertz CT molecular complexity index is 692. The van der Waals surface area contributed by atoms with E-state index in [1.54, 1.807) is 19.9 Å². The fourth-order valence-corrected chi connectivity index (χ4v) is 2.35. The van der Waals surface area contributed by atoms with Gasteiger partial charge in [0.25, 0.3) is 5.91 Å². The summed E-state index contributed by atoms with van der Waals surface area (Å²) in [5.74, 6) is -0.330. The lowest BCUT2D eigenvalue weighted by atomic mass is 9.99. The van der Waals surface area contributed by atoms with Crippen molar-refractivity contribution in [2.75, 3.05) is 0 Å². The highest BCUT2D eigenvalue weighted by Gasteiger charge is 2.31. The molecule has 1 heterocycles. The molecule has 130 valence electrons. The molecule has 0 aliphatic rings. The maximum atomic E-state index is 12.6. The van der Waals surface area contributed by atoms with Crippen LogP contribution < -0.4 is 5.32 Å². The van der Waals surface area contributed by atoms with Crippen LogP contribution in [-0.2, 0) is 6.18 Å². The molecule has 1 aromatic heterocycles. The molecule has 0 unspecified atom stereocenters. The van der Waals surface area contributed by atoms with Gasteiger partial charge in [-0.3, -0.25) is 4.79 Å². The normalized spacial score (nSPS) is 14.2. The topological polar surface area (TPSA) is 62.5 Å². The lowest BCUT2D eigenvalue weighted by molar-refractivity contribution is -0.137. The number of halogens is 3. The van der Waals surface area contributed by atoms with Crippen molar-refractivity contribution in [1.82, 2.24) is 5.32 Å². The van der Waals surface area contributed by atoms with E-state index in [9.17, 15) is 23.1 Å². The SMILES string of the molecule is CC[C@@H](NC(=O)c1occc1C)[C@@H](O)c1ccc(C(F)(F)F)cc1. The second-order valence-electron chi connectivity index (χ2n) is 5.49. The standard InChI is InChI=1S/C17H18F3NO3/c1-3-13(21-16(23)15-10(2)8-9-24-15)14(22)11-4-6-12(7-5-11)17(18,19)20/h4-9,13-14,22H,3H2,1-2H3,(H,21,23)/t13-,14+/m1/s1. The number of aliphatic hydroxyl groups is 1. The number of aryl methyl sites for hydroxylation is 1. The van der Waals surface area contributed by atoms with Gasteiger partial charge in [0.05, 0.1) is 24.0 Å². The summed E-state index contributed by atoms with van der Waals surface area (Å²) >= 11 is 0. The van der Waals surface area contributed by atoms with Crippen LogP contribution in [0.1, 0.15) is 46.7 Å². The van der Waals surface area contributed by atoms with Gasteiger partial charge in [-0.05, 0) is 37.1 Å². The van der Waals surface area contributed by atoms with Crippen LogP contribution in [0.3, 0.4) is 0 Å². The van der Waals surface area contributed by atoms with Gasteiger partial charge in [-0.1, -0.05) is 19.1 Å². The molecule has 0 radical (unpaired) electrons. The molecule has 0 aliphatic heterocycles. The van der Waals surface area contributed by atoms with Gasteiger partial charge in [-0.15, -0.1) is 0 Å². The van der Waals surface area contributed by atoms with Gasteiger partial charge in [-0.25, -0.2) is 0 Å². The van der Waals surface area contributed by atoms with Crippen LogP contribution in [0, 0.1) is 6.92 Å². The molecule has 2 N–H and O–H groups in total. The maximum Gasteiger partial charge on any atom is 0.416 e. The van der Waals surface area contributed by atoms with E-state index in [1.165, 1.54) is 18.4 Å². The first-order valence-electron chi connectivity index (χ1n) is 7.44. The number of nitrogens with one attached hydrogen (secondary N) is 1. The molecule has 0 aliphatic carbocycles. The highest BCUT2D eigenvalue weighted by molar-refractivity contribution is 5.93. The van der Waals surface area contributed by atoms with E-state index in [4.69, 9.17) is 4.42 Å². The second-order valence-corrected chi connectivity index (χ2v) is 5.49. The van der Waals surface area contributed by atoms with E-state index < -0.39 is 29.8 Å². The van der Waals surface area contributed by atoms with E-state index >= 15 is 0 Å². The minimum absolute atomic E-state index is 0.146. The van der Waals surface area contributed by atoms with E-state index in [1.807, 2.05) is 0 Å². The summed E-state index contributed by atoms with van der Waals surface area (Å²) in [5.41, 5.74) is 0.166. The minimum Gasteiger partial charge on any atom is -0.459 e. The number of hydrogen-bond donors (Lipinski definition) is 2. The molecular formula is C17H18F3NO3. The predicted octanol–water partition coefficient (Wildman–Crippen LogP) is 3.85. The first-order valence-corrected chi connectivity index (χ1v) is 7.44. The van der Waals surface area contributed by atoms with Crippen LogP contribution in [0.4, 0.5) is 13.2 Å². The molecule has 0 saturated heterocycles. The van der Waals surface area contributed by atoms with Gasteiger partial charge in [0.1, 0.15) is 0 Å². The largest absolute Gasteiger partial charge is 0.459 e. The number of hydrogen-bond acceptors (Lipinski definition) is 3. The molecule has 0 fully saturated rings. The smallest absolute Gasteiger partial charge is 0.416 e. The van der Waals surface area contributed by atoms with E-state index in [2.05, 4.69) is 5.32 Å². The first kappa shape index (κ1) is 18.1. The summed E-state index contributed by atoms with van der Waals surface area (Å²) in [7, 11) is 0. The zero-order valence-corrected chi connectivity index (χ0v) is 13.2. The third-order valence-electron chi connectivity index (χ3n) is 3.79. The average molecular weight is 341 g/mol. The van der Waals surface area contributed by atoms with Crippen molar-refractivity contribution >= 4 is 5.91 Å². The van der Waals surface area contributed by atoms with Gasteiger partial charge >= 0.3 is 6.18 Å². The highest BCUT2D eigenvalue weighted by atomic mass is 19.4. The van der Waals surface area contributed by atoms with Gasteiger partial charge < -0.3 is 14.8 Å². The Morgan fingerprint density at radius 2 is 1.88 bits per heavy atom. The fraction of sp³-hybridized carbons (Fsp3) is 0.353. The monoisotopic (exact) mass is 341 g/mol. The van der Waals surface area contributed by atoms with Crippen LogP contribution in [-0.4, -0.2) is 17.1 Å². The molecule has 2 aromatic rings. The second kappa shape index (κ2) is 7.09. The molecule has 2 atom stereocenters. The quantitative estimate of drug-likeness (QED) is 0.868. The summed E-state index contributed by atoms with van der Waals surface area (Å²) in [5, 5.41) is 13.0. The Labute approximate surface area is 137 Å². The third kappa shape index (κ3) is 3.97. The van der Waals surface area contributed by atoms with E-state index in [0.29, 0.717) is 17.5 Å². The van der Waals surface area contributed by atoms with E-state index in [-0.39, 0.29) is 5.76 Å². The number of rotatable bonds is 5. The Morgan fingerprint density at radius 1 is 1.25 bits per heavy atom. The van der Waals surface area contributed by atoms with Gasteiger partial charge in [0, 0.05) is 5.56 Å². The van der Waals surface area contributed by atoms with Crippen LogP contribution >= 0.6 is 0 Å². The Balaban J connectivity index is 2.12. The van der Waals surface area contributed by atoms with Gasteiger partial charge in [-0.2, -0.15) is 13.2 Å². The van der Waals surface area contributed by atoms with Crippen molar-refractivity contribution in [2.24, 2.45) is 0 Å². The number of furan rings is 1. The number of carbonyl (C=O) groups excluding carboxylic acids is 1. The molecular weight excluding hydrogens is 323 g/mol. The van der Waals surface area contributed by atoms with Crippen molar-refractivity contribution in [2.45, 2.75) is 38.6 Å². The molecule has 4 nitrogen and oxygen atoms in total. The van der Waals surface area contributed by atoms with Crippen LogP contribution in [0.25, 0.3) is 0 Å². The predicted molar refractivity (Wildman–Crippen MR) is 81.4 cm³/mol. The Hall–Kier alpha value is -2.28. The summed E-state index contributed by atoms with van der Waals surface area (Å²) in [6, 6.07) is 5.22. The lowest BCUT2D eigenvalue weighted by Crippen LogP contribution is -2.39. The molecule has 1 amide bonds. The maximum absolute atomic E-state index is 12.6. The third-order valence-corrected chi connectivity index (χ3v) is 3.79. The minimum atomic E-state index is -4.43. The van der Waals surface area contributed by atoms with Crippen LogP contribution in [0.2, 0.25) is 0 Å². The van der Waals surface area contributed by atoms with Gasteiger partial charge in [0.15, 0.2) is 5.76 Å². The molecule has 0 saturated carbocycles. The highest BCUT2D eigenvalue weighted by Crippen LogP contribution is 2.30. The number of carbonyl (C=O) groups is 1. The molecule has 7 heteroatoms. The zero-order valence-electron chi connectivity index (χ0n) is 13.2. The molecule has 2 rings (SSSR count). The van der Waals surface area contributed by atoms with Crippen molar-refractivity contribution in [1.29, 1.82) is 0 Å². The van der Waals surface area contributed by atoms with E-state index in [0.717, 1.165) is 12.1 Å². The number of alkyl halides is 3. The zero-order chi connectivity index (χ0) is 17.9. The molecule has 0 bridgehead atoms. The Kier molecular flexibility index (Phi) is 5.33. The number of amides is 1. The van der Waals surface area contributed by atoms with Gasteiger partial charge in [0.2, 0.25) is 0 Å². The average Bonchev–Trinajstić information content (AvgIpc) is 2.97. The van der Waals surface area contributed by atoms with Crippen molar-refractivity contribution in [3.63, 3.8) is 0 Å². The Morgan fingerprint density at radius 3 is 2.33 bits per heavy atom. The summed E-state index contributed by atoms with van der Waals surface area (Å²) in [6.45, 7) is 3.47. The lowest BCUT2D eigenvalue weighted by Gasteiger charge is -2.23. The van der Waals surface area contributed by atoms with Crippen LogP contribution in [0.5, 0.6) is 0 Å². The summed E-state index contributed by atoms with van der Waals surface area (Å²) < 4.78 is 42.8. The van der Waals surface area contributed by atoms with Crippen molar-refractivity contribution < 1.29 is 27.5 Å². The summed E-state index contributed by atoms with van der Waals surface area (Å²) in [4.78, 5) is 12.2. The fourth-order valence-electron chi connectivity index (χ4n) is 2.35. The molecule has 24 heavy (non-hydrogen) atoms. The van der Waals surface area contributed by atoms with Crippen LogP contribution in [0.15, 0.2) is 41.0 Å². The summed E-state index contributed by atoms with van der Waals surface area (Å²) in [6.07, 6.45) is -3.78. The number of aliphatic hydroxyl groups excluding tert-OH is 1. The molecule has 0 spiro atoms.